The summed E-state index contributed by atoms with van der Waals surface area (Å²) in [5.41, 5.74) is -0.807. The summed E-state index contributed by atoms with van der Waals surface area (Å²) in [5, 5.41) is 9.78. The fourth-order valence-electron chi connectivity index (χ4n) is 3.27. The minimum atomic E-state index is -1.13. The van der Waals surface area contributed by atoms with Gasteiger partial charge in [0.1, 0.15) is 5.54 Å². The molecular weight excluding hydrogens is 254 g/mol. The van der Waals surface area contributed by atoms with E-state index in [1.54, 1.807) is 0 Å². The molecule has 1 aromatic rings. The van der Waals surface area contributed by atoms with Crippen LogP contribution in [-0.2, 0) is 16.0 Å². The van der Waals surface area contributed by atoms with Crippen LogP contribution in [0.3, 0.4) is 0 Å². The standard InChI is InChI=1S/C16H21NO3/c1-4-17-13(18)15(2,3)11-16(17,14(19)20)10-12-8-6-5-7-9-12/h5-9H,4,10-11H2,1-3H3,(H,19,20)/t16-/m0/s1. The van der Waals surface area contributed by atoms with Crippen LogP contribution < -0.4 is 0 Å². The first kappa shape index (κ1) is 14.6. The summed E-state index contributed by atoms with van der Waals surface area (Å²) < 4.78 is 0. The Hall–Kier alpha value is -1.84. The Morgan fingerprint density at radius 3 is 2.40 bits per heavy atom. The van der Waals surface area contributed by atoms with E-state index in [1.807, 2.05) is 51.1 Å². The van der Waals surface area contributed by atoms with Crippen molar-refractivity contribution in [3.63, 3.8) is 0 Å². The largest absolute Gasteiger partial charge is 0.479 e. The van der Waals surface area contributed by atoms with E-state index in [4.69, 9.17) is 0 Å². The van der Waals surface area contributed by atoms with Crippen molar-refractivity contribution in [3.8, 4) is 0 Å². The topological polar surface area (TPSA) is 57.6 Å². The fraction of sp³-hybridized carbons (Fsp3) is 0.500. The fourth-order valence-corrected chi connectivity index (χ4v) is 3.27. The Balaban J connectivity index is 2.45. The quantitative estimate of drug-likeness (QED) is 0.917. The highest BCUT2D eigenvalue weighted by Crippen LogP contribution is 2.44. The van der Waals surface area contributed by atoms with E-state index in [9.17, 15) is 14.7 Å². The number of carboxylic acids is 1. The molecular formula is C16H21NO3. The summed E-state index contributed by atoms with van der Waals surface area (Å²) in [4.78, 5) is 25.9. The molecule has 0 spiro atoms. The molecule has 0 aliphatic carbocycles. The molecule has 0 radical (unpaired) electrons. The van der Waals surface area contributed by atoms with Gasteiger partial charge in [0.05, 0.1) is 0 Å². The molecule has 0 bridgehead atoms. The number of rotatable bonds is 4. The molecule has 4 heteroatoms. The van der Waals surface area contributed by atoms with E-state index in [-0.39, 0.29) is 5.91 Å². The van der Waals surface area contributed by atoms with E-state index in [0.717, 1.165) is 5.56 Å². The molecule has 108 valence electrons. The van der Waals surface area contributed by atoms with Crippen molar-refractivity contribution in [2.24, 2.45) is 5.41 Å². The molecule has 1 saturated heterocycles. The second-order valence-corrected chi connectivity index (χ2v) is 6.11. The van der Waals surface area contributed by atoms with Crippen molar-refractivity contribution in [1.29, 1.82) is 0 Å². The number of likely N-dealkylation sites (tertiary alicyclic amines) is 1. The Morgan fingerprint density at radius 2 is 1.90 bits per heavy atom. The highest BCUT2D eigenvalue weighted by molar-refractivity contribution is 5.94. The summed E-state index contributed by atoms with van der Waals surface area (Å²) >= 11 is 0. The third-order valence-corrected chi connectivity index (χ3v) is 4.13. The smallest absolute Gasteiger partial charge is 0.330 e. The molecule has 1 atom stereocenters. The number of carboxylic acid groups (broad SMARTS) is 1. The molecule has 1 N–H and O–H groups in total. The molecule has 1 heterocycles. The zero-order valence-electron chi connectivity index (χ0n) is 12.2. The van der Waals surface area contributed by atoms with Crippen LogP contribution in [0.25, 0.3) is 0 Å². The van der Waals surface area contributed by atoms with Crippen molar-refractivity contribution in [3.05, 3.63) is 35.9 Å². The number of carbonyl (C=O) groups excluding carboxylic acids is 1. The highest BCUT2D eigenvalue weighted by atomic mass is 16.4. The molecule has 0 unspecified atom stereocenters. The van der Waals surface area contributed by atoms with Gasteiger partial charge in [-0.05, 0) is 18.9 Å². The van der Waals surface area contributed by atoms with E-state index in [0.29, 0.717) is 19.4 Å². The lowest BCUT2D eigenvalue weighted by atomic mass is 9.80. The summed E-state index contributed by atoms with van der Waals surface area (Å²) in [6.45, 7) is 5.91. The van der Waals surface area contributed by atoms with Gasteiger partial charge in [0, 0.05) is 18.4 Å². The van der Waals surface area contributed by atoms with Crippen molar-refractivity contribution in [2.45, 2.75) is 39.2 Å². The van der Waals surface area contributed by atoms with Gasteiger partial charge >= 0.3 is 5.97 Å². The number of aliphatic carboxylic acids is 1. The molecule has 1 aromatic carbocycles. The average molecular weight is 275 g/mol. The van der Waals surface area contributed by atoms with Crippen LogP contribution in [0.5, 0.6) is 0 Å². The number of likely N-dealkylation sites (N-methyl/N-ethyl adjacent to an activating group) is 1. The number of hydrogen-bond acceptors (Lipinski definition) is 2. The maximum atomic E-state index is 12.4. The third-order valence-electron chi connectivity index (χ3n) is 4.13. The number of carbonyl (C=O) groups is 2. The van der Waals surface area contributed by atoms with Gasteiger partial charge in [-0.3, -0.25) is 4.79 Å². The Morgan fingerprint density at radius 1 is 1.30 bits per heavy atom. The summed E-state index contributed by atoms with van der Waals surface area (Å²) in [5.74, 6) is -0.986. The van der Waals surface area contributed by atoms with Gasteiger partial charge in [-0.25, -0.2) is 4.79 Å². The molecule has 2 rings (SSSR count). The molecule has 0 aromatic heterocycles. The Kier molecular flexibility index (Phi) is 3.59. The normalized spacial score (nSPS) is 24.9. The monoisotopic (exact) mass is 275 g/mol. The van der Waals surface area contributed by atoms with Gasteiger partial charge < -0.3 is 10.0 Å². The summed E-state index contributed by atoms with van der Waals surface area (Å²) in [6, 6.07) is 9.51. The van der Waals surface area contributed by atoms with Gasteiger partial charge in [0.2, 0.25) is 5.91 Å². The van der Waals surface area contributed by atoms with Crippen LogP contribution in [0.1, 0.15) is 32.8 Å². The lowest BCUT2D eigenvalue weighted by Crippen LogP contribution is -2.53. The predicted octanol–water partition coefficient (Wildman–Crippen LogP) is 2.33. The van der Waals surface area contributed by atoms with E-state index >= 15 is 0 Å². The average Bonchev–Trinajstić information content (AvgIpc) is 2.58. The Bertz CT molecular complexity index is 524. The summed E-state index contributed by atoms with van der Waals surface area (Å²) in [7, 11) is 0. The number of benzene rings is 1. The molecule has 0 saturated carbocycles. The van der Waals surface area contributed by atoms with E-state index in [2.05, 4.69) is 0 Å². The lowest BCUT2D eigenvalue weighted by Gasteiger charge is -2.34. The van der Waals surface area contributed by atoms with Crippen LogP contribution in [-0.4, -0.2) is 34.0 Å². The van der Waals surface area contributed by atoms with Gasteiger partial charge in [-0.2, -0.15) is 0 Å². The third kappa shape index (κ3) is 2.19. The second kappa shape index (κ2) is 4.93. The molecule has 1 aliphatic rings. The van der Waals surface area contributed by atoms with Gasteiger partial charge in [-0.15, -0.1) is 0 Å². The molecule has 1 fully saturated rings. The van der Waals surface area contributed by atoms with Crippen LogP contribution in [0.15, 0.2) is 30.3 Å². The molecule has 4 nitrogen and oxygen atoms in total. The van der Waals surface area contributed by atoms with Crippen molar-refractivity contribution in [2.75, 3.05) is 6.54 Å². The number of amides is 1. The first-order valence-corrected chi connectivity index (χ1v) is 6.93. The predicted molar refractivity (Wildman–Crippen MR) is 76.3 cm³/mol. The lowest BCUT2D eigenvalue weighted by molar-refractivity contribution is -0.154. The second-order valence-electron chi connectivity index (χ2n) is 6.11. The molecule has 1 aliphatic heterocycles. The van der Waals surface area contributed by atoms with Gasteiger partial charge in [-0.1, -0.05) is 44.2 Å². The highest BCUT2D eigenvalue weighted by Gasteiger charge is 2.58. The minimum Gasteiger partial charge on any atom is -0.479 e. The Labute approximate surface area is 119 Å². The van der Waals surface area contributed by atoms with E-state index in [1.165, 1.54) is 4.90 Å². The van der Waals surface area contributed by atoms with Crippen LogP contribution in [0.4, 0.5) is 0 Å². The van der Waals surface area contributed by atoms with Gasteiger partial charge in [0.15, 0.2) is 0 Å². The zero-order chi connectivity index (χ0) is 15.0. The maximum absolute atomic E-state index is 12.4. The number of hydrogen-bond donors (Lipinski definition) is 1. The van der Waals surface area contributed by atoms with Gasteiger partial charge in [0.25, 0.3) is 0 Å². The van der Waals surface area contributed by atoms with Crippen LogP contribution in [0.2, 0.25) is 0 Å². The first-order chi connectivity index (χ1) is 9.33. The minimum absolute atomic E-state index is 0.0710. The summed E-state index contributed by atoms with van der Waals surface area (Å²) in [6.07, 6.45) is 0.698. The number of nitrogens with zero attached hydrogens (tertiary/aromatic N) is 1. The van der Waals surface area contributed by atoms with Crippen molar-refractivity contribution in [1.82, 2.24) is 4.90 Å². The maximum Gasteiger partial charge on any atom is 0.330 e. The zero-order valence-corrected chi connectivity index (χ0v) is 12.2. The molecule has 1 amide bonds. The van der Waals surface area contributed by atoms with Crippen LogP contribution in [0, 0.1) is 5.41 Å². The van der Waals surface area contributed by atoms with Crippen molar-refractivity contribution >= 4 is 11.9 Å². The molecule has 20 heavy (non-hydrogen) atoms. The van der Waals surface area contributed by atoms with Crippen molar-refractivity contribution < 1.29 is 14.7 Å². The van der Waals surface area contributed by atoms with E-state index < -0.39 is 16.9 Å². The van der Waals surface area contributed by atoms with Crippen LogP contribution >= 0.6 is 0 Å². The SMILES string of the molecule is CCN1C(=O)C(C)(C)C[C@@]1(Cc1ccccc1)C(=O)O. The first-order valence-electron chi connectivity index (χ1n) is 6.93.